The number of Topliss-reactive ketones (excluding diaryl/α,β-unsaturated/α-hetero) is 1. The Kier molecular flexibility index (Phi) is 6.36. The molecule has 5 rings (SSSR count). The van der Waals surface area contributed by atoms with Crippen molar-refractivity contribution in [3.8, 4) is 0 Å². The summed E-state index contributed by atoms with van der Waals surface area (Å²) in [7, 11) is -1.51. The van der Waals surface area contributed by atoms with Gasteiger partial charge in [0.15, 0.2) is 11.4 Å². The zero-order valence-corrected chi connectivity index (χ0v) is 20.3. The lowest BCUT2D eigenvalue weighted by atomic mass is 10.0. The molecule has 0 unspecified atom stereocenters. The van der Waals surface area contributed by atoms with Gasteiger partial charge in [0.25, 0.3) is 0 Å². The molecule has 8 nitrogen and oxygen atoms in total. The molecule has 0 bridgehead atoms. The second-order valence-electron chi connectivity index (χ2n) is 8.89. The number of carbonyl (C=O) groups is 1. The molecule has 1 aliphatic heterocycles. The second-order valence-corrected chi connectivity index (χ2v) is 10.8. The molecule has 0 aliphatic carbocycles. The van der Waals surface area contributed by atoms with Crippen molar-refractivity contribution in [3.63, 3.8) is 0 Å². The van der Waals surface area contributed by atoms with E-state index in [1.165, 1.54) is 0 Å². The summed E-state index contributed by atoms with van der Waals surface area (Å²) in [6.45, 7) is 3.85. The van der Waals surface area contributed by atoms with Gasteiger partial charge >= 0.3 is 0 Å². The molecular formula is C26H27N5O3S. The number of hydrogen-bond donors (Lipinski definition) is 1. The van der Waals surface area contributed by atoms with E-state index >= 15 is 0 Å². The highest BCUT2D eigenvalue weighted by molar-refractivity contribution is 7.91. The number of piperazine rings is 1. The number of hydrogen-bond acceptors (Lipinski definition) is 7. The summed E-state index contributed by atoms with van der Waals surface area (Å²) in [5, 5.41) is 7.48. The molecule has 1 aliphatic rings. The minimum atomic E-state index is -3.61. The van der Waals surface area contributed by atoms with E-state index in [-0.39, 0.29) is 15.6 Å². The molecule has 0 saturated carbocycles. The highest BCUT2D eigenvalue weighted by atomic mass is 32.2. The lowest BCUT2D eigenvalue weighted by Gasteiger charge is -2.34. The van der Waals surface area contributed by atoms with Crippen LogP contribution >= 0.6 is 0 Å². The fourth-order valence-electron chi connectivity index (χ4n) is 4.26. The fourth-order valence-corrected chi connectivity index (χ4v) is 5.52. The molecule has 2 aromatic carbocycles. The summed E-state index contributed by atoms with van der Waals surface area (Å²) in [4.78, 5) is 21.9. The van der Waals surface area contributed by atoms with Crippen molar-refractivity contribution in [2.75, 3.05) is 38.1 Å². The van der Waals surface area contributed by atoms with E-state index in [1.54, 1.807) is 54.9 Å². The Morgan fingerprint density at radius 1 is 0.943 bits per heavy atom. The number of fused-ring (bicyclic) bond motifs is 1. The van der Waals surface area contributed by atoms with Crippen LogP contribution in [-0.4, -0.2) is 67.5 Å². The molecule has 35 heavy (non-hydrogen) atoms. The molecule has 9 heteroatoms. The third-order valence-corrected chi connectivity index (χ3v) is 8.29. The lowest BCUT2D eigenvalue weighted by molar-refractivity contribution is 0.0982. The summed E-state index contributed by atoms with van der Waals surface area (Å²) < 4.78 is 26.2. The number of H-pyrrole nitrogens is 1. The molecule has 3 heterocycles. The average molecular weight is 490 g/mol. The normalized spacial score (nSPS) is 14.9. The fraction of sp³-hybridized carbons (Fsp3) is 0.269. The van der Waals surface area contributed by atoms with E-state index in [4.69, 9.17) is 0 Å². The first-order valence-electron chi connectivity index (χ1n) is 11.6. The van der Waals surface area contributed by atoms with Crippen LogP contribution in [0.2, 0.25) is 0 Å². The van der Waals surface area contributed by atoms with E-state index in [0.717, 1.165) is 42.8 Å². The number of ketones is 1. The van der Waals surface area contributed by atoms with E-state index in [0.29, 0.717) is 24.1 Å². The van der Waals surface area contributed by atoms with Crippen molar-refractivity contribution >= 4 is 32.3 Å². The van der Waals surface area contributed by atoms with Crippen LogP contribution in [0.5, 0.6) is 0 Å². The van der Waals surface area contributed by atoms with Crippen molar-refractivity contribution in [1.82, 2.24) is 20.1 Å². The van der Waals surface area contributed by atoms with Crippen LogP contribution in [0.25, 0.3) is 11.0 Å². The first-order chi connectivity index (χ1) is 16.9. The molecule has 1 saturated heterocycles. The zero-order chi connectivity index (χ0) is 24.4. The SMILES string of the molecule is CN1CCN(c2ccc(S(=O)(=O)c3ccc(CCC(=O)c4cnc5[nH]ncc5c4)cc3)cc2)CC1. The number of aryl methyl sites for hydroxylation is 1. The average Bonchev–Trinajstić information content (AvgIpc) is 3.36. The minimum absolute atomic E-state index is 0.0160. The van der Waals surface area contributed by atoms with Gasteiger partial charge in [-0.3, -0.25) is 9.89 Å². The Bertz CT molecular complexity index is 1440. The van der Waals surface area contributed by atoms with Crippen LogP contribution in [0.15, 0.2) is 76.8 Å². The summed E-state index contributed by atoms with van der Waals surface area (Å²) in [5.41, 5.74) is 3.13. The predicted octanol–water partition coefficient (Wildman–Crippen LogP) is 3.36. The minimum Gasteiger partial charge on any atom is -0.369 e. The Balaban J connectivity index is 1.23. The molecule has 0 atom stereocenters. The topological polar surface area (TPSA) is 99.3 Å². The maximum atomic E-state index is 13.1. The van der Waals surface area contributed by atoms with Gasteiger partial charge in [-0.05, 0) is 61.5 Å². The second kappa shape index (κ2) is 9.59. The maximum Gasteiger partial charge on any atom is 0.206 e. The third-order valence-electron chi connectivity index (χ3n) is 6.50. The maximum absolute atomic E-state index is 13.1. The molecular weight excluding hydrogens is 462 g/mol. The first kappa shape index (κ1) is 23.2. The molecule has 0 amide bonds. The van der Waals surface area contributed by atoms with Gasteiger partial charge in [0.2, 0.25) is 9.84 Å². The number of nitrogens with zero attached hydrogens (tertiary/aromatic N) is 4. The molecule has 0 spiro atoms. The summed E-state index contributed by atoms with van der Waals surface area (Å²) in [6.07, 6.45) is 4.01. The van der Waals surface area contributed by atoms with Gasteiger partial charge in [-0.2, -0.15) is 5.10 Å². The highest BCUT2D eigenvalue weighted by Crippen LogP contribution is 2.25. The van der Waals surface area contributed by atoms with E-state index in [1.807, 2.05) is 12.1 Å². The Hall–Kier alpha value is -3.56. The molecule has 1 N–H and O–H groups in total. The highest BCUT2D eigenvalue weighted by Gasteiger charge is 2.19. The lowest BCUT2D eigenvalue weighted by Crippen LogP contribution is -2.44. The van der Waals surface area contributed by atoms with Crippen molar-refractivity contribution in [1.29, 1.82) is 0 Å². The van der Waals surface area contributed by atoms with Crippen molar-refractivity contribution in [2.45, 2.75) is 22.6 Å². The van der Waals surface area contributed by atoms with Gasteiger partial charge in [-0.1, -0.05) is 12.1 Å². The summed E-state index contributed by atoms with van der Waals surface area (Å²) in [6, 6.07) is 15.7. The van der Waals surface area contributed by atoms with Gasteiger partial charge in [-0.15, -0.1) is 0 Å². The molecule has 1 fully saturated rings. The smallest absolute Gasteiger partial charge is 0.206 e. The largest absolute Gasteiger partial charge is 0.369 e. The van der Waals surface area contributed by atoms with Crippen LogP contribution in [0, 0.1) is 0 Å². The molecule has 180 valence electrons. The van der Waals surface area contributed by atoms with Crippen LogP contribution in [0.3, 0.4) is 0 Å². The number of benzene rings is 2. The van der Waals surface area contributed by atoms with Crippen molar-refractivity contribution < 1.29 is 13.2 Å². The van der Waals surface area contributed by atoms with Crippen LogP contribution < -0.4 is 4.90 Å². The van der Waals surface area contributed by atoms with Crippen molar-refractivity contribution in [3.05, 3.63) is 78.1 Å². The number of sulfone groups is 1. The van der Waals surface area contributed by atoms with Gasteiger partial charge in [0.1, 0.15) is 0 Å². The van der Waals surface area contributed by atoms with Gasteiger partial charge in [0.05, 0.1) is 16.0 Å². The predicted molar refractivity (Wildman–Crippen MR) is 135 cm³/mol. The monoisotopic (exact) mass is 489 g/mol. The standard InChI is InChI=1S/C26H27N5O3S/c1-30-12-14-31(15-13-30)22-5-9-24(10-6-22)35(33,34)23-7-2-19(3-8-23)4-11-25(32)20-16-21-18-28-29-26(21)27-17-20/h2-3,5-10,16-18H,4,11-15H2,1H3,(H,27,28,29). The number of aromatic nitrogens is 3. The zero-order valence-electron chi connectivity index (χ0n) is 19.5. The quantitative estimate of drug-likeness (QED) is 0.398. The van der Waals surface area contributed by atoms with Crippen LogP contribution in [-0.2, 0) is 16.3 Å². The first-order valence-corrected chi connectivity index (χ1v) is 13.1. The van der Waals surface area contributed by atoms with E-state index in [2.05, 4.69) is 32.0 Å². The van der Waals surface area contributed by atoms with Gasteiger partial charge < -0.3 is 9.80 Å². The molecule has 2 aromatic heterocycles. The number of rotatable bonds is 7. The van der Waals surface area contributed by atoms with Crippen LogP contribution in [0.4, 0.5) is 5.69 Å². The molecule has 0 radical (unpaired) electrons. The number of likely N-dealkylation sites (N-methyl/N-ethyl adjacent to an activating group) is 1. The number of nitrogens with one attached hydrogen (secondary N) is 1. The van der Waals surface area contributed by atoms with E-state index < -0.39 is 9.84 Å². The van der Waals surface area contributed by atoms with E-state index in [9.17, 15) is 13.2 Å². The van der Waals surface area contributed by atoms with Gasteiger partial charge in [0, 0.05) is 55.4 Å². The summed E-state index contributed by atoms with van der Waals surface area (Å²) >= 11 is 0. The van der Waals surface area contributed by atoms with Crippen LogP contribution in [0.1, 0.15) is 22.3 Å². The van der Waals surface area contributed by atoms with Gasteiger partial charge in [-0.25, -0.2) is 13.4 Å². The Morgan fingerprint density at radius 3 is 2.29 bits per heavy atom. The number of aromatic amines is 1. The Labute approximate surface area is 204 Å². The number of anilines is 1. The number of carbonyl (C=O) groups excluding carboxylic acids is 1. The molecule has 4 aromatic rings. The third kappa shape index (κ3) is 4.96. The Morgan fingerprint density at radius 2 is 1.60 bits per heavy atom. The number of pyridine rings is 1. The van der Waals surface area contributed by atoms with Crippen molar-refractivity contribution in [2.24, 2.45) is 0 Å². The summed E-state index contributed by atoms with van der Waals surface area (Å²) in [5.74, 6) is -0.0160.